The van der Waals surface area contributed by atoms with Gasteiger partial charge in [0, 0.05) is 17.3 Å². The Bertz CT molecular complexity index is 1010. The van der Waals surface area contributed by atoms with E-state index < -0.39 is 0 Å². The van der Waals surface area contributed by atoms with Crippen LogP contribution in [-0.4, -0.2) is 36.1 Å². The second-order valence-corrected chi connectivity index (χ2v) is 7.47. The first kappa shape index (κ1) is 20.7. The molecule has 150 valence electrons. The van der Waals surface area contributed by atoms with Gasteiger partial charge in [0.05, 0.1) is 25.7 Å². The molecule has 3 rings (SSSR count). The number of carbonyl (C=O) groups is 1. The van der Waals surface area contributed by atoms with E-state index in [2.05, 4.69) is 15.5 Å². The zero-order valence-electron chi connectivity index (χ0n) is 16.9. The average Bonchev–Trinajstić information content (AvgIpc) is 2.74. The molecule has 1 heterocycles. The highest BCUT2D eigenvalue weighted by Gasteiger charge is 2.11. The van der Waals surface area contributed by atoms with Gasteiger partial charge in [-0.2, -0.15) is 0 Å². The normalized spacial score (nSPS) is 10.5. The summed E-state index contributed by atoms with van der Waals surface area (Å²) < 4.78 is 10.6. The van der Waals surface area contributed by atoms with Crippen molar-refractivity contribution in [1.29, 1.82) is 0 Å². The number of aryl methyl sites for hydroxylation is 2. The van der Waals surface area contributed by atoms with E-state index >= 15 is 0 Å². The van der Waals surface area contributed by atoms with Crippen molar-refractivity contribution >= 4 is 23.4 Å². The minimum absolute atomic E-state index is 0.0774. The predicted octanol–water partition coefficient (Wildman–Crippen LogP) is 4.51. The molecule has 0 atom stereocenters. The van der Waals surface area contributed by atoms with Crippen LogP contribution >= 0.6 is 11.8 Å². The number of ether oxygens (including phenoxy) is 2. The Morgan fingerprint density at radius 1 is 1.00 bits per heavy atom. The molecule has 3 aromatic rings. The van der Waals surface area contributed by atoms with E-state index in [1.165, 1.54) is 11.8 Å². The maximum absolute atomic E-state index is 12.3. The van der Waals surface area contributed by atoms with E-state index in [9.17, 15) is 4.79 Å². The summed E-state index contributed by atoms with van der Waals surface area (Å²) in [5, 5.41) is 12.1. The van der Waals surface area contributed by atoms with Gasteiger partial charge < -0.3 is 14.8 Å². The molecule has 0 saturated carbocycles. The smallest absolute Gasteiger partial charge is 0.234 e. The summed E-state index contributed by atoms with van der Waals surface area (Å²) in [5.41, 5.74) is 4.49. The van der Waals surface area contributed by atoms with Crippen molar-refractivity contribution < 1.29 is 14.3 Å². The number of nitrogens with zero attached hydrogens (tertiary/aromatic N) is 2. The Morgan fingerprint density at radius 2 is 1.83 bits per heavy atom. The van der Waals surface area contributed by atoms with Crippen LogP contribution in [0.5, 0.6) is 11.5 Å². The molecule has 6 nitrogen and oxygen atoms in total. The standard InChI is InChI=1S/C22H23N3O3S/c1-14-5-6-15(2)19(11-14)23-21(26)13-29-22-10-9-18(24-25-22)17-8-7-16(27-3)12-20(17)28-4/h5-12H,13H2,1-4H3,(H,23,26). The minimum atomic E-state index is -0.0774. The minimum Gasteiger partial charge on any atom is -0.497 e. The first-order valence-corrected chi connectivity index (χ1v) is 10.0. The number of anilines is 1. The van der Waals surface area contributed by atoms with Crippen molar-refractivity contribution in [2.45, 2.75) is 18.9 Å². The summed E-state index contributed by atoms with van der Waals surface area (Å²) in [6.45, 7) is 3.97. The van der Waals surface area contributed by atoms with Crippen LogP contribution in [0.4, 0.5) is 5.69 Å². The van der Waals surface area contributed by atoms with Gasteiger partial charge in [-0.05, 0) is 55.3 Å². The van der Waals surface area contributed by atoms with Crippen LogP contribution in [0.2, 0.25) is 0 Å². The summed E-state index contributed by atoms with van der Waals surface area (Å²) in [4.78, 5) is 12.3. The molecule has 2 aromatic carbocycles. The fraction of sp³-hybridized carbons (Fsp3) is 0.227. The van der Waals surface area contributed by atoms with Crippen molar-refractivity contribution in [1.82, 2.24) is 10.2 Å². The number of hydrogen-bond acceptors (Lipinski definition) is 6. The summed E-state index contributed by atoms with van der Waals surface area (Å²) in [7, 11) is 3.21. The first-order valence-electron chi connectivity index (χ1n) is 9.06. The molecule has 1 aromatic heterocycles. The van der Waals surface area contributed by atoms with Crippen molar-refractivity contribution in [3.8, 4) is 22.8 Å². The van der Waals surface area contributed by atoms with Gasteiger partial charge in [0.25, 0.3) is 0 Å². The fourth-order valence-electron chi connectivity index (χ4n) is 2.75. The molecular formula is C22H23N3O3S. The number of rotatable bonds is 7. The van der Waals surface area contributed by atoms with Crippen LogP contribution in [0, 0.1) is 13.8 Å². The molecule has 0 spiro atoms. The number of aromatic nitrogens is 2. The Hall–Kier alpha value is -3.06. The fourth-order valence-corrected chi connectivity index (χ4v) is 3.36. The van der Waals surface area contributed by atoms with Gasteiger partial charge in [-0.15, -0.1) is 10.2 Å². The number of amides is 1. The Labute approximate surface area is 174 Å². The van der Waals surface area contributed by atoms with Crippen LogP contribution in [0.25, 0.3) is 11.3 Å². The van der Waals surface area contributed by atoms with Gasteiger partial charge in [-0.3, -0.25) is 4.79 Å². The number of benzene rings is 2. The zero-order chi connectivity index (χ0) is 20.8. The van der Waals surface area contributed by atoms with E-state index in [-0.39, 0.29) is 11.7 Å². The molecule has 1 N–H and O–H groups in total. The summed E-state index contributed by atoms with van der Waals surface area (Å²) in [6.07, 6.45) is 0. The topological polar surface area (TPSA) is 73.3 Å². The lowest BCUT2D eigenvalue weighted by atomic mass is 10.1. The second kappa shape index (κ2) is 9.43. The molecule has 0 fully saturated rings. The van der Waals surface area contributed by atoms with Gasteiger partial charge in [0.1, 0.15) is 16.5 Å². The van der Waals surface area contributed by atoms with Gasteiger partial charge in [-0.1, -0.05) is 23.9 Å². The maximum Gasteiger partial charge on any atom is 0.234 e. The first-order chi connectivity index (χ1) is 14.0. The lowest BCUT2D eigenvalue weighted by Crippen LogP contribution is -2.15. The monoisotopic (exact) mass is 409 g/mol. The van der Waals surface area contributed by atoms with E-state index in [1.807, 2.05) is 56.3 Å². The Kier molecular flexibility index (Phi) is 6.72. The molecule has 29 heavy (non-hydrogen) atoms. The second-order valence-electron chi connectivity index (χ2n) is 6.48. The highest BCUT2D eigenvalue weighted by Crippen LogP contribution is 2.32. The third-order valence-corrected chi connectivity index (χ3v) is 5.26. The van der Waals surface area contributed by atoms with Gasteiger partial charge in [0.2, 0.25) is 5.91 Å². The molecule has 0 unspecified atom stereocenters. The average molecular weight is 410 g/mol. The van der Waals surface area contributed by atoms with Crippen molar-refractivity contribution in [2.24, 2.45) is 0 Å². The molecule has 1 amide bonds. The number of methoxy groups -OCH3 is 2. The molecular weight excluding hydrogens is 386 g/mol. The number of nitrogens with one attached hydrogen (secondary N) is 1. The van der Waals surface area contributed by atoms with Crippen LogP contribution in [0.15, 0.2) is 53.6 Å². The summed E-state index contributed by atoms with van der Waals surface area (Å²) in [5.74, 6) is 1.55. The van der Waals surface area contributed by atoms with E-state index in [0.717, 1.165) is 22.4 Å². The van der Waals surface area contributed by atoms with Crippen LogP contribution in [-0.2, 0) is 4.79 Å². The van der Waals surface area contributed by atoms with Crippen LogP contribution in [0.3, 0.4) is 0 Å². The zero-order valence-corrected chi connectivity index (χ0v) is 17.7. The lowest BCUT2D eigenvalue weighted by molar-refractivity contribution is -0.113. The molecule has 0 aliphatic rings. The van der Waals surface area contributed by atoms with Crippen molar-refractivity contribution in [3.05, 3.63) is 59.7 Å². The Balaban J connectivity index is 1.64. The largest absolute Gasteiger partial charge is 0.497 e. The molecule has 0 radical (unpaired) electrons. The summed E-state index contributed by atoms with van der Waals surface area (Å²) >= 11 is 1.34. The van der Waals surface area contributed by atoms with E-state index in [4.69, 9.17) is 9.47 Å². The highest BCUT2D eigenvalue weighted by molar-refractivity contribution is 7.99. The Morgan fingerprint density at radius 3 is 2.52 bits per heavy atom. The summed E-state index contributed by atoms with van der Waals surface area (Å²) in [6, 6.07) is 15.2. The van der Waals surface area contributed by atoms with Gasteiger partial charge in [0.15, 0.2) is 0 Å². The van der Waals surface area contributed by atoms with Gasteiger partial charge >= 0.3 is 0 Å². The van der Waals surface area contributed by atoms with Crippen LogP contribution in [0.1, 0.15) is 11.1 Å². The van der Waals surface area contributed by atoms with E-state index in [1.54, 1.807) is 20.3 Å². The van der Waals surface area contributed by atoms with E-state index in [0.29, 0.717) is 22.2 Å². The quantitative estimate of drug-likeness (QED) is 0.579. The SMILES string of the molecule is COc1ccc(-c2ccc(SCC(=O)Nc3cc(C)ccc3C)nn2)c(OC)c1. The van der Waals surface area contributed by atoms with Crippen LogP contribution < -0.4 is 14.8 Å². The molecule has 0 bridgehead atoms. The molecule has 0 aliphatic heterocycles. The van der Waals surface area contributed by atoms with Crippen molar-refractivity contribution in [2.75, 3.05) is 25.3 Å². The predicted molar refractivity (Wildman–Crippen MR) is 116 cm³/mol. The molecule has 0 aliphatic carbocycles. The lowest BCUT2D eigenvalue weighted by Gasteiger charge is -2.10. The number of hydrogen-bond donors (Lipinski definition) is 1. The highest BCUT2D eigenvalue weighted by atomic mass is 32.2. The number of thioether (sulfide) groups is 1. The van der Waals surface area contributed by atoms with Crippen molar-refractivity contribution in [3.63, 3.8) is 0 Å². The third-order valence-electron chi connectivity index (χ3n) is 4.34. The molecule has 7 heteroatoms. The third kappa shape index (κ3) is 5.26. The molecule has 0 saturated heterocycles. The maximum atomic E-state index is 12.3. The van der Waals surface area contributed by atoms with Gasteiger partial charge in [-0.25, -0.2) is 0 Å². The number of carbonyl (C=O) groups excluding carboxylic acids is 1.